The highest BCUT2D eigenvalue weighted by Crippen LogP contribution is 2.23. The van der Waals surface area contributed by atoms with Crippen LogP contribution in [0.5, 0.6) is 0 Å². The molecule has 0 fully saturated rings. The van der Waals surface area contributed by atoms with Gasteiger partial charge in [0.1, 0.15) is 5.82 Å². The van der Waals surface area contributed by atoms with Gasteiger partial charge in [0, 0.05) is 21.3 Å². The summed E-state index contributed by atoms with van der Waals surface area (Å²) in [6.07, 6.45) is 0.763. The van der Waals surface area contributed by atoms with Gasteiger partial charge < -0.3 is 4.52 Å². The average Bonchev–Trinajstić information content (AvgIpc) is 3.36. The molecule has 0 amide bonds. The lowest BCUT2D eigenvalue weighted by Gasteiger charge is -1.94. The number of thioether (sulfide) groups is 1. The first-order chi connectivity index (χ1) is 12.3. The van der Waals surface area contributed by atoms with Crippen molar-refractivity contribution in [3.8, 4) is 11.4 Å². The highest BCUT2D eigenvalue weighted by molar-refractivity contribution is 9.10. The van der Waals surface area contributed by atoms with Crippen LogP contribution in [-0.2, 0) is 12.2 Å². The van der Waals surface area contributed by atoms with Crippen molar-refractivity contribution in [2.45, 2.75) is 17.3 Å². The molecule has 1 aromatic carbocycles. The van der Waals surface area contributed by atoms with Gasteiger partial charge in [0.25, 0.3) is 0 Å². The van der Waals surface area contributed by atoms with E-state index in [1.54, 1.807) is 11.3 Å². The lowest BCUT2D eigenvalue weighted by atomic mass is 10.2. The molecule has 0 aliphatic carbocycles. The van der Waals surface area contributed by atoms with Gasteiger partial charge in [-0.2, -0.15) is 4.98 Å². The molecule has 25 heavy (non-hydrogen) atoms. The number of rotatable bonds is 6. The Hall–Kier alpha value is -1.97. The fourth-order valence-electron chi connectivity index (χ4n) is 2.18. The maximum atomic E-state index is 5.31. The van der Waals surface area contributed by atoms with Crippen LogP contribution in [0.2, 0.25) is 0 Å². The van der Waals surface area contributed by atoms with Crippen LogP contribution in [0.15, 0.2) is 55.9 Å². The van der Waals surface area contributed by atoms with Crippen LogP contribution in [0.3, 0.4) is 0 Å². The van der Waals surface area contributed by atoms with Crippen LogP contribution in [0.4, 0.5) is 0 Å². The van der Waals surface area contributed by atoms with E-state index < -0.39 is 0 Å². The Balaban J connectivity index is 1.38. The van der Waals surface area contributed by atoms with E-state index in [1.165, 1.54) is 16.6 Å². The molecule has 0 bridgehead atoms. The average molecular weight is 434 g/mol. The van der Waals surface area contributed by atoms with E-state index in [1.807, 2.05) is 30.3 Å². The summed E-state index contributed by atoms with van der Waals surface area (Å²) in [6.45, 7) is 0. The van der Waals surface area contributed by atoms with Crippen LogP contribution >= 0.6 is 39.0 Å². The minimum Gasteiger partial charge on any atom is -0.338 e. The van der Waals surface area contributed by atoms with Crippen molar-refractivity contribution in [2.75, 3.05) is 0 Å². The number of benzene rings is 1. The van der Waals surface area contributed by atoms with Crippen molar-refractivity contribution in [3.63, 3.8) is 0 Å². The van der Waals surface area contributed by atoms with Crippen molar-refractivity contribution in [3.05, 3.63) is 62.8 Å². The van der Waals surface area contributed by atoms with E-state index in [0.29, 0.717) is 22.6 Å². The first-order valence-electron chi connectivity index (χ1n) is 7.41. The van der Waals surface area contributed by atoms with Crippen LogP contribution in [-0.4, -0.2) is 25.3 Å². The number of thiophene rings is 1. The summed E-state index contributed by atoms with van der Waals surface area (Å²) in [4.78, 5) is 10.2. The minimum atomic E-state index is 0.525. The molecule has 0 atom stereocenters. The molecule has 0 radical (unpaired) electrons. The third-order valence-electron chi connectivity index (χ3n) is 3.31. The van der Waals surface area contributed by atoms with E-state index >= 15 is 0 Å². The Labute approximate surface area is 160 Å². The second-order valence-electron chi connectivity index (χ2n) is 5.13. The number of nitrogens with one attached hydrogen (secondary N) is 1. The van der Waals surface area contributed by atoms with Crippen molar-refractivity contribution in [1.82, 2.24) is 25.3 Å². The summed E-state index contributed by atoms with van der Waals surface area (Å²) in [5.74, 6) is 2.50. The summed E-state index contributed by atoms with van der Waals surface area (Å²) in [6, 6.07) is 11.9. The first-order valence-corrected chi connectivity index (χ1v) is 10.1. The molecule has 6 nitrogen and oxygen atoms in total. The van der Waals surface area contributed by atoms with Crippen molar-refractivity contribution in [2.24, 2.45) is 0 Å². The number of aromatic amines is 1. The maximum absolute atomic E-state index is 5.31. The van der Waals surface area contributed by atoms with E-state index in [4.69, 9.17) is 4.52 Å². The van der Waals surface area contributed by atoms with Crippen LogP contribution in [0.1, 0.15) is 16.6 Å². The van der Waals surface area contributed by atoms with Gasteiger partial charge in [0.2, 0.25) is 16.9 Å². The summed E-state index contributed by atoms with van der Waals surface area (Å²) in [7, 11) is 0. The number of hydrogen-bond acceptors (Lipinski definition) is 7. The predicted octanol–water partition coefficient (Wildman–Crippen LogP) is 4.56. The lowest BCUT2D eigenvalue weighted by Crippen LogP contribution is -1.87. The summed E-state index contributed by atoms with van der Waals surface area (Å²) in [5, 5.41) is 14.0. The highest BCUT2D eigenvalue weighted by atomic mass is 79.9. The van der Waals surface area contributed by atoms with Gasteiger partial charge in [-0.05, 0) is 23.6 Å². The largest absolute Gasteiger partial charge is 0.338 e. The van der Waals surface area contributed by atoms with Gasteiger partial charge >= 0.3 is 0 Å². The van der Waals surface area contributed by atoms with Gasteiger partial charge in [-0.15, -0.1) is 16.4 Å². The molecule has 0 saturated carbocycles. The van der Waals surface area contributed by atoms with Crippen LogP contribution < -0.4 is 0 Å². The molecule has 3 heterocycles. The smallest absolute Gasteiger partial charge is 0.237 e. The van der Waals surface area contributed by atoms with Gasteiger partial charge in [-0.25, -0.2) is 4.98 Å². The van der Waals surface area contributed by atoms with E-state index in [2.05, 4.69) is 52.7 Å². The van der Waals surface area contributed by atoms with Gasteiger partial charge in [-0.1, -0.05) is 51.0 Å². The summed E-state index contributed by atoms with van der Waals surface area (Å²) >= 11 is 6.61. The zero-order chi connectivity index (χ0) is 17.1. The van der Waals surface area contributed by atoms with Crippen molar-refractivity contribution >= 4 is 39.0 Å². The fourth-order valence-corrected chi connectivity index (χ4v) is 3.95. The monoisotopic (exact) mass is 433 g/mol. The number of nitrogens with zero attached hydrogens (tertiary/aromatic N) is 4. The predicted molar refractivity (Wildman–Crippen MR) is 101 cm³/mol. The molecule has 3 aromatic heterocycles. The molecule has 126 valence electrons. The number of halogens is 1. The molecule has 0 aliphatic heterocycles. The van der Waals surface area contributed by atoms with E-state index in [0.717, 1.165) is 22.3 Å². The molecule has 4 rings (SSSR count). The van der Waals surface area contributed by atoms with Crippen molar-refractivity contribution in [1.29, 1.82) is 0 Å². The maximum Gasteiger partial charge on any atom is 0.237 e. The first kappa shape index (κ1) is 16.5. The molecule has 9 heteroatoms. The standard InChI is InChI=1S/C16H12BrN5OS2/c17-11-4-1-3-10(7-11)15-19-14(23-22-15)9-25-16-18-13(20-21-16)8-12-5-2-6-24-12/h1-7H,8-9H2,(H,18,20,21). The molecular formula is C16H12BrN5OS2. The Bertz CT molecular complexity index is 967. The Kier molecular flexibility index (Phi) is 4.95. The van der Waals surface area contributed by atoms with Gasteiger partial charge in [-0.3, -0.25) is 5.10 Å². The van der Waals surface area contributed by atoms with Crippen LogP contribution in [0.25, 0.3) is 11.4 Å². The summed E-state index contributed by atoms with van der Waals surface area (Å²) < 4.78 is 6.29. The van der Waals surface area contributed by atoms with Crippen molar-refractivity contribution < 1.29 is 4.52 Å². The van der Waals surface area contributed by atoms with Crippen LogP contribution in [0, 0.1) is 0 Å². The highest BCUT2D eigenvalue weighted by Gasteiger charge is 2.11. The normalized spacial score (nSPS) is 11.1. The number of hydrogen-bond donors (Lipinski definition) is 1. The quantitative estimate of drug-likeness (QED) is 0.448. The molecule has 0 saturated heterocycles. The lowest BCUT2D eigenvalue weighted by molar-refractivity contribution is 0.391. The zero-order valence-electron chi connectivity index (χ0n) is 12.8. The third-order valence-corrected chi connectivity index (χ3v) is 5.51. The number of aromatic nitrogens is 5. The summed E-state index contributed by atoms with van der Waals surface area (Å²) in [5.41, 5.74) is 0.908. The van der Waals surface area contributed by atoms with E-state index in [9.17, 15) is 0 Å². The minimum absolute atomic E-state index is 0.525. The van der Waals surface area contributed by atoms with Gasteiger partial charge in [0.05, 0.1) is 5.75 Å². The molecule has 0 unspecified atom stereocenters. The SMILES string of the molecule is Brc1cccc(-c2noc(CSc3n[nH]c(Cc4cccs4)n3)n2)c1. The Morgan fingerprint density at radius 2 is 2.16 bits per heavy atom. The second-order valence-corrected chi connectivity index (χ2v) is 8.02. The molecule has 0 spiro atoms. The zero-order valence-corrected chi connectivity index (χ0v) is 16.1. The fraction of sp³-hybridized carbons (Fsp3) is 0.125. The Morgan fingerprint density at radius 3 is 3.00 bits per heavy atom. The Morgan fingerprint density at radius 1 is 1.20 bits per heavy atom. The van der Waals surface area contributed by atoms with Gasteiger partial charge in [0.15, 0.2) is 0 Å². The molecule has 1 N–H and O–H groups in total. The second kappa shape index (κ2) is 7.51. The molecule has 4 aromatic rings. The molecular weight excluding hydrogens is 422 g/mol. The van der Waals surface area contributed by atoms with E-state index in [-0.39, 0.29) is 0 Å². The molecule has 0 aliphatic rings. The third kappa shape index (κ3) is 4.17. The number of H-pyrrole nitrogens is 1. The topological polar surface area (TPSA) is 80.5 Å².